The van der Waals surface area contributed by atoms with Crippen LogP contribution >= 0.6 is 0 Å². The Bertz CT molecular complexity index is 547. The van der Waals surface area contributed by atoms with E-state index < -0.39 is 0 Å². The van der Waals surface area contributed by atoms with Gasteiger partial charge in [0.05, 0.1) is 0 Å². The molecule has 0 radical (unpaired) electrons. The number of hydrogen-bond donors (Lipinski definition) is 1. The molecule has 1 fully saturated rings. The van der Waals surface area contributed by atoms with Gasteiger partial charge in [-0.15, -0.1) is 0 Å². The first kappa shape index (κ1) is 14.5. The minimum absolute atomic E-state index is 0.865. The number of piperidine rings is 1. The summed E-state index contributed by atoms with van der Waals surface area (Å²) in [5.41, 5.74) is 4.55. The fourth-order valence-electron chi connectivity index (χ4n) is 3.32. The Morgan fingerprint density at radius 2 is 1.76 bits per heavy atom. The molecule has 2 heteroatoms. The average Bonchev–Trinajstić information content (AvgIpc) is 2.56. The summed E-state index contributed by atoms with van der Waals surface area (Å²) >= 11 is 0. The van der Waals surface area contributed by atoms with Crippen molar-refractivity contribution in [2.45, 2.75) is 32.1 Å². The Kier molecular flexibility index (Phi) is 5.23. The molecule has 2 aromatic rings. The summed E-state index contributed by atoms with van der Waals surface area (Å²) in [6, 6.07) is 15.3. The van der Waals surface area contributed by atoms with E-state index in [1.807, 2.05) is 0 Å². The van der Waals surface area contributed by atoms with Gasteiger partial charge in [0.2, 0.25) is 0 Å². The van der Waals surface area contributed by atoms with E-state index in [0.717, 1.165) is 18.8 Å². The fraction of sp³-hybridized carbons (Fsp3) is 0.421. The third-order valence-corrected chi connectivity index (χ3v) is 4.61. The van der Waals surface area contributed by atoms with Crippen molar-refractivity contribution in [3.8, 4) is 0 Å². The molecule has 1 aliphatic rings. The number of rotatable bonds is 5. The Morgan fingerprint density at radius 3 is 2.57 bits per heavy atom. The Morgan fingerprint density at radius 1 is 0.952 bits per heavy atom. The molecule has 0 spiro atoms. The molecule has 0 amide bonds. The summed E-state index contributed by atoms with van der Waals surface area (Å²) in [7, 11) is 0. The van der Waals surface area contributed by atoms with Crippen LogP contribution < -0.4 is 5.32 Å². The van der Waals surface area contributed by atoms with Crippen molar-refractivity contribution in [2.75, 3.05) is 13.1 Å². The molecule has 0 unspecified atom stereocenters. The van der Waals surface area contributed by atoms with Crippen molar-refractivity contribution in [1.29, 1.82) is 0 Å². The van der Waals surface area contributed by atoms with Crippen molar-refractivity contribution in [1.82, 2.24) is 5.32 Å². The van der Waals surface area contributed by atoms with Crippen molar-refractivity contribution in [2.24, 2.45) is 5.92 Å². The number of aryl methyl sites for hydroxylation is 2. The number of benzene rings is 1. The molecule has 108 valence electrons. The van der Waals surface area contributed by atoms with Crippen LogP contribution in [0.1, 0.15) is 29.4 Å². The monoisotopic (exact) mass is 277 g/mol. The quantitative estimate of drug-likeness (QED) is 0.883. The molecular formula is C19H24BN. The minimum atomic E-state index is 0.865. The van der Waals surface area contributed by atoms with Gasteiger partial charge in [-0.05, 0) is 0 Å². The van der Waals surface area contributed by atoms with Gasteiger partial charge in [-0.2, -0.15) is 0 Å². The summed E-state index contributed by atoms with van der Waals surface area (Å²) in [5.74, 6) is 3.06. The van der Waals surface area contributed by atoms with Gasteiger partial charge in [0.25, 0.3) is 0 Å². The standard InChI is InChI=1S/C19H24BN/c1-2-5-16(6-3-1)8-9-18-7-4-12-20-19(18)15-17-10-13-21-14-11-17/h1-7,12,17,21H,8-11,13-15H2. The second-order valence-corrected chi connectivity index (χ2v) is 6.15. The molecular weight excluding hydrogens is 253 g/mol. The van der Waals surface area contributed by atoms with Crippen LogP contribution in [0.3, 0.4) is 0 Å². The predicted molar refractivity (Wildman–Crippen MR) is 90.9 cm³/mol. The molecule has 0 atom stereocenters. The molecule has 0 aliphatic carbocycles. The van der Waals surface area contributed by atoms with Gasteiger partial charge in [-0.25, -0.2) is 0 Å². The van der Waals surface area contributed by atoms with Crippen LogP contribution in [0, 0.1) is 5.92 Å². The molecule has 21 heavy (non-hydrogen) atoms. The molecule has 3 rings (SSSR count). The maximum absolute atomic E-state index is 3.46. The van der Waals surface area contributed by atoms with Crippen molar-refractivity contribution in [3.63, 3.8) is 0 Å². The van der Waals surface area contributed by atoms with E-state index in [4.69, 9.17) is 0 Å². The second-order valence-electron chi connectivity index (χ2n) is 6.15. The van der Waals surface area contributed by atoms with Gasteiger partial charge < -0.3 is 0 Å². The van der Waals surface area contributed by atoms with Crippen LogP contribution in [0.5, 0.6) is 0 Å². The summed E-state index contributed by atoms with van der Waals surface area (Å²) in [6.45, 7) is 4.72. The van der Waals surface area contributed by atoms with Crippen molar-refractivity contribution < 1.29 is 0 Å². The Labute approximate surface area is 129 Å². The van der Waals surface area contributed by atoms with Crippen LogP contribution in [0.15, 0.2) is 48.4 Å². The van der Waals surface area contributed by atoms with Crippen LogP contribution in [0.4, 0.5) is 0 Å². The summed E-state index contributed by atoms with van der Waals surface area (Å²) < 4.78 is 0. The second kappa shape index (κ2) is 7.56. The average molecular weight is 277 g/mol. The maximum atomic E-state index is 3.46. The van der Waals surface area contributed by atoms with E-state index in [1.165, 1.54) is 37.9 Å². The topological polar surface area (TPSA) is 12.0 Å². The Hall–Kier alpha value is -1.41. The van der Waals surface area contributed by atoms with Gasteiger partial charge in [0.1, 0.15) is 0 Å². The zero-order valence-corrected chi connectivity index (χ0v) is 12.7. The van der Waals surface area contributed by atoms with Gasteiger partial charge in [-0.1, -0.05) is 0 Å². The molecule has 1 aromatic carbocycles. The first-order chi connectivity index (χ1) is 10.4. The first-order valence-corrected chi connectivity index (χ1v) is 8.23. The van der Waals surface area contributed by atoms with Crippen LogP contribution in [0.25, 0.3) is 0 Å². The van der Waals surface area contributed by atoms with Crippen LogP contribution in [-0.4, -0.2) is 20.0 Å². The predicted octanol–water partition coefficient (Wildman–Crippen LogP) is 3.35. The van der Waals surface area contributed by atoms with Gasteiger partial charge in [0, 0.05) is 0 Å². The molecule has 1 aliphatic heterocycles. The van der Waals surface area contributed by atoms with Gasteiger partial charge in [-0.3, -0.25) is 0 Å². The normalized spacial score (nSPS) is 15.8. The SMILES string of the molecule is b1cccc(CCc2ccccc2)c1CC1CCNCC1. The molecule has 0 saturated carbocycles. The molecule has 1 N–H and O–H groups in total. The van der Waals surface area contributed by atoms with Gasteiger partial charge >= 0.3 is 128 Å². The van der Waals surface area contributed by atoms with E-state index in [2.05, 4.69) is 60.7 Å². The van der Waals surface area contributed by atoms with Crippen LogP contribution in [0.2, 0.25) is 0 Å². The number of nitrogens with one attached hydrogen (secondary N) is 1. The molecule has 1 saturated heterocycles. The third kappa shape index (κ3) is 4.28. The fourth-order valence-corrected chi connectivity index (χ4v) is 3.32. The number of hydrogen-bond acceptors (Lipinski definition) is 1. The molecule has 0 bridgehead atoms. The summed E-state index contributed by atoms with van der Waals surface area (Å²) in [4.78, 5) is 0. The van der Waals surface area contributed by atoms with E-state index in [1.54, 1.807) is 11.0 Å². The molecule has 1 aromatic heterocycles. The zero-order valence-electron chi connectivity index (χ0n) is 12.7. The van der Waals surface area contributed by atoms with E-state index in [0.29, 0.717) is 0 Å². The van der Waals surface area contributed by atoms with E-state index in [9.17, 15) is 0 Å². The van der Waals surface area contributed by atoms with E-state index in [-0.39, 0.29) is 0 Å². The Balaban J connectivity index is 1.64. The third-order valence-electron chi connectivity index (χ3n) is 4.61. The zero-order chi connectivity index (χ0) is 14.3. The molecule has 2 heterocycles. The van der Waals surface area contributed by atoms with E-state index >= 15 is 0 Å². The molecule has 1 nitrogen and oxygen atoms in total. The van der Waals surface area contributed by atoms with Crippen molar-refractivity contribution in [3.05, 3.63) is 65.0 Å². The van der Waals surface area contributed by atoms with Crippen LogP contribution in [-0.2, 0) is 19.3 Å². The first-order valence-electron chi connectivity index (χ1n) is 8.23. The summed E-state index contributed by atoms with van der Waals surface area (Å²) in [6.07, 6.45) is 6.21. The summed E-state index contributed by atoms with van der Waals surface area (Å²) in [5, 5.41) is 3.46. The van der Waals surface area contributed by atoms with Gasteiger partial charge in [0.15, 0.2) is 0 Å². The van der Waals surface area contributed by atoms with Crippen molar-refractivity contribution >= 4 is 6.91 Å².